The first-order valence-electron chi connectivity index (χ1n) is 6.74. The number of methoxy groups -OCH3 is 1. The first-order chi connectivity index (χ1) is 9.19. The van der Waals surface area contributed by atoms with Crippen LogP contribution in [-0.2, 0) is 11.2 Å². The van der Waals surface area contributed by atoms with Gasteiger partial charge >= 0.3 is 0 Å². The van der Waals surface area contributed by atoms with Crippen LogP contribution in [0.3, 0.4) is 0 Å². The molecule has 3 nitrogen and oxygen atoms in total. The Bertz CT molecular complexity index is 442. The second-order valence-corrected chi connectivity index (χ2v) is 5.08. The molecule has 1 atom stereocenters. The average Bonchev–Trinajstić information content (AvgIpc) is 2.90. The first kappa shape index (κ1) is 14.0. The van der Waals surface area contributed by atoms with Crippen molar-refractivity contribution in [3.8, 4) is 5.75 Å². The van der Waals surface area contributed by atoms with Crippen LogP contribution in [0.4, 0.5) is 4.39 Å². The van der Waals surface area contributed by atoms with Crippen molar-refractivity contribution in [1.29, 1.82) is 0 Å². The lowest BCUT2D eigenvalue weighted by Gasteiger charge is -2.08. The minimum Gasteiger partial charge on any atom is -0.494 e. The van der Waals surface area contributed by atoms with Gasteiger partial charge in [-0.1, -0.05) is 6.07 Å². The maximum absolute atomic E-state index is 13.5. The zero-order valence-electron chi connectivity index (χ0n) is 11.2. The Morgan fingerprint density at radius 3 is 3.00 bits per heavy atom. The molecule has 0 saturated carbocycles. The monoisotopic (exact) mass is 265 g/mol. The van der Waals surface area contributed by atoms with Crippen molar-refractivity contribution in [2.75, 3.05) is 20.2 Å². The first-order valence-corrected chi connectivity index (χ1v) is 6.74. The van der Waals surface area contributed by atoms with Crippen LogP contribution in [0.2, 0.25) is 0 Å². The van der Waals surface area contributed by atoms with Crippen molar-refractivity contribution in [3.05, 3.63) is 29.6 Å². The molecule has 1 N–H and O–H groups in total. The summed E-state index contributed by atoms with van der Waals surface area (Å²) in [7, 11) is 1.43. The molecule has 19 heavy (non-hydrogen) atoms. The zero-order chi connectivity index (χ0) is 13.7. The molecule has 1 aromatic rings. The van der Waals surface area contributed by atoms with Crippen molar-refractivity contribution in [3.63, 3.8) is 0 Å². The SMILES string of the molecule is COc1ccc(CC(=O)CCC2CCNC2)cc1F. The molecule has 1 saturated heterocycles. The fourth-order valence-corrected chi connectivity index (χ4v) is 2.46. The second kappa shape index (κ2) is 6.66. The van der Waals surface area contributed by atoms with E-state index in [0.29, 0.717) is 24.3 Å². The lowest BCUT2D eigenvalue weighted by atomic mass is 9.98. The van der Waals surface area contributed by atoms with Gasteiger partial charge in [0, 0.05) is 12.8 Å². The van der Waals surface area contributed by atoms with Crippen molar-refractivity contribution in [2.24, 2.45) is 5.92 Å². The van der Waals surface area contributed by atoms with Gasteiger partial charge in [-0.2, -0.15) is 0 Å². The van der Waals surface area contributed by atoms with Crippen LogP contribution in [0.15, 0.2) is 18.2 Å². The molecule has 1 heterocycles. The van der Waals surface area contributed by atoms with Gasteiger partial charge in [-0.05, 0) is 49.5 Å². The summed E-state index contributed by atoms with van der Waals surface area (Å²) in [5.41, 5.74) is 0.716. The number of carbonyl (C=O) groups is 1. The van der Waals surface area contributed by atoms with Crippen molar-refractivity contribution in [1.82, 2.24) is 5.32 Å². The van der Waals surface area contributed by atoms with Crippen LogP contribution in [-0.4, -0.2) is 26.0 Å². The van der Waals surface area contributed by atoms with E-state index in [0.717, 1.165) is 25.9 Å². The van der Waals surface area contributed by atoms with E-state index >= 15 is 0 Å². The van der Waals surface area contributed by atoms with E-state index in [1.54, 1.807) is 12.1 Å². The van der Waals surface area contributed by atoms with Crippen molar-refractivity contribution < 1.29 is 13.9 Å². The van der Waals surface area contributed by atoms with E-state index in [2.05, 4.69) is 5.32 Å². The second-order valence-electron chi connectivity index (χ2n) is 5.08. The molecule has 0 aromatic heterocycles. The predicted molar refractivity (Wildman–Crippen MR) is 71.9 cm³/mol. The Morgan fingerprint density at radius 2 is 2.37 bits per heavy atom. The minimum absolute atomic E-state index is 0.177. The van der Waals surface area contributed by atoms with Crippen molar-refractivity contribution in [2.45, 2.75) is 25.7 Å². The third-order valence-corrected chi connectivity index (χ3v) is 3.61. The molecule has 0 spiro atoms. The number of Topliss-reactive ketones (excluding diaryl/α,β-unsaturated/α-hetero) is 1. The van der Waals surface area contributed by atoms with Gasteiger partial charge in [-0.15, -0.1) is 0 Å². The van der Waals surface area contributed by atoms with Crippen LogP contribution < -0.4 is 10.1 Å². The molecule has 0 aliphatic carbocycles. The molecule has 4 heteroatoms. The minimum atomic E-state index is -0.409. The number of hydrogen-bond acceptors (Lipinski definition) is 3. The predicted octanol–water partition coefficient (Wildman–Crippen LogP) is 2.34. The van der Waals surface area contributed by atoms with Gasteiger partial charge < -0.3 is 10.1 Å². The van der Waals surface area contributed by atoms with Crippen LogP contribution >= 0.6 is 0 Å². The van der Waals surface area contributed by atoms with Gasteiger partial charge in [0.05, 0.1) is 7.11 Å². The lowest BCUT2D eigenvalue weighted by Crippen LogP contribution is -2.11. The molecule has 0 radical (unpaired) electrons. The van der Waals surface area contributed by atoms with E-state index in [-0.39, 0.29) is 11.5 Å². The summed E-state index contributed by atoms with van der Waals surface area (Å²) in [5, 5.41) is 3.29. The number of halogens is 1. The Balaban J connectivity index is 1.82. The fourth-order valence-electron chi connectivity index (χ4n) is 2.46. The summed E-state index contributed by atoms with van der Waals surface area (Å²) in [6.07, 6.45) is 2.98. The highest BCUT2D eigenvalue weighted by Gasteiger charge is 2.16. The van der Waals surface area contributed by atoms with Crippen LogP contribution in [0.5, 0.6) is 5.75 Å². The zero-order valence-corrected chi connectivity index (χ0v) is 11.2. The molecule has 1 fully saturated rings. The molecular formula is C15H20FNO2. The third kappa shape index (κ3) is 4.03. The third-order valence-electron chi connectivity index (χ3n) is 3.61. The molecule has 104 valence electrons. The number of nitrogens with one attached hydrogen (secondary N) is 1. The molecule has 1 unspecified atom stereocenters. The summed E-state index contributed by atoms with van der Waals surface area (Å²) in [6.45, 7) is 2.08. The highest BCUT2D eigenvalue weighted by atomic mass is 19.1. The Hall–Kier alpha value is -1.42. The summed E-state index contributed by atoms with van der Waals surface area (Å²) in [4.78, 5) is 11.9. The Morgan fingerprint density at radius 1 is 1.53 bits per heavy atom. The quantitative estimate of drug-likeness (QED) is 0.858. The smallest absolute Gasteiger partial charge is 0.165 e. The summed E-state index contributed by atoms with van der Waals surface area (Å²) >= 11 is 0. The maximum Gasteiger partial charge on any atom is 0.165 e. The van der Waals surface area contributed by atoms with Crippen LogP contribution in [0, 0.1) is 11.7 Å². The van der Waals surface area contributed by atoms with Crippen LogP contribution in [0.1, 0.15) is 24.8 Å². The topological polar surface area (TPSA) is 38.3 Å². The molecule has 1 aromatic carbocycles. The molecule has 1 aliphatic rings. The van der Waals surface area contributed by atoms with Crippen LogP contribution in [0.25, 0.3) is 0 Å². The Labute approximate surface area is 113 Å². The summed E-state index contributed by atoms with van der Waals surface area (Å²) in [5.74, 6) is 0.606. The molecule has 0 bridgehead atoms. The molecule has 1 aliphatic heterocycles. The van der Waals surface area contributed by atoms with Gasteiger partial charge in [-0.3, -0.25) is 4.79 Å². The van der Waals surface area contributed by atoms with Gasteiger partial charge in [0.2, 0.25) is 0 Å². The largest absolute Gasteiger partial charge is 0.494 e. The number of benzene rings is 1. The molecule has 2 rings (SSSR count). The normalized spacial score (nSPS) is 18.5. The fraction of sp³-hybridized carbons (Fsp3) is 0.533. The number of ether oxygens (including phenoxy) is 1. The highest BCUT2D eigenvalue weighted by Crippen LogP contribution is 2.19. The average molecular weight is 265 g/mol. The highest BCUT2D eigenvalue weighted by molar-refractivity contribution is 5.80. The van der Waals surface area contributed by atoms with E-state index in [4.69, 9.17) is 4.74 Å². The van der Waals surface area contributed by atoms with Gasteiger partial charge in [0.25, 0.3) is 0 Å². The Kier molecular flexibility index (Phi) is 4.91. The van der Waals surface area contributed by atoms with E-state index in [1.165, 1.54) is 13.2 Å². The maximum atomic E-state index is 13.5. The number of hydrogen-bond donors (Lipinski definition) is 1. The van der Waals surface area contributed by atoms with E-state index in [1.807, 2.05) is 0 Å². The van der Waals surface area contributed by atoms with Gasteiger partial charge in [-0.25, -0.2) is 4.39 Å². The molecular weight excluding hydrogens is 245 g/mol. The standard InChI is InChI=1S/C15H20FNO2/c1-19-15-5-3-12(9-14(15)16)8-13(18)4-2-11-6-7-17-10-11/h3,5,9,11,17H,2,4,6-8,10H2,1H3. The van der Waals surface area contributed by atoms with Gasteiger partial charge in [0.15, 0.2) is 11.6 Å². The summed E-state index contributed by atoms with van der Waals surface area (Å²) < 4.78 is 18.3. The van der Waals surface area contributed by atoms with E-state index in [9.17, 15) is 9.18 Å². The van der Waals surface area contributed by atoms with E-state index < -0.39 is 5.82 Å². The van der Waals surface area contributed by atoms with Crippen molar-refractivity contribution >= 4 is 5.78 Å². The van der Waals surface area contributed by atoms with Gasteiger partial charge in [0.1, 0.15) is 5.78 Å². The summed E-state index contributed by atoms with van der Waals surface area (Å²) in [6, 6.07) is 4.70. The lowest BCUT2D eigenvalue weighted by molar-refractivity contribution is -0.118. The number of rotatable bonds is 6. The number of ketones is 1. The number of carbonyl (C=O) groups excluding carboxylic acids is 1. The molecule has 0 amide bonds.